The number of nitrogens with zero attached hydrogens (tertiary/aromatic N) is 1. The number of ether oxygens (including phenoxy) is 1. The van der Waals surface area contributed by atoms with E-state index in [4.69, 9.17) is 4.74 Å². The van der Waals surface area contributed by atoms with Crippen LogP contribution in [0.15, 0.2) is 65.1 Å². The molecule has 1 saturated heterocycles. The lowest BCUT2D eigenvalue weighted by Crippen LogP contribution is -2.30. The number of rotatable bonds is 4. The number of carbonyl (C=O) groups excluding carboxylic acids is 1. The molecule has 0 radical (unpaired) electrons. The molecule has 2 aromatic carbocycles. The number of sulfonamides is 1. The molecule has 2 aromatic rings. The zero-order valence-electron chi connectivity index (χ0n) is 15.7. The minimum Gasteiger partial charge on any atom is -0.469 e. The number of allylic oxidation sites excluding steroid dienone is 1. The number of hydrogen-bond acceptors (Lipinski definition) is 4. The zero-order chi connectivity index (χ0) is 19.6. The first-order valence-electron chi connectivity index (χ1n) is 8.74. The topological polar surface area (TPSA) is 63.7 Å². The van der Waals surface area contributed by atoms with Gasteiger partial charge in [0, 0.05) is 13.1 Å². The number of methoxy groups -OCH3 is 1. The highest BCUT2D eigenvalue weighted by Gasteiger charge is 2.40. The summed E-state index contributed by atoms with van der Waals surface area (Å²) in [7, 11) is -2.36. The Kier molecular flexibility index (Phi) is 5.48. The fourth-order valence-corrected chi connectivity index (χ4v) is 4.77. The maximum atomic E-state index is 13.1. The van der Waals surface area contributed by atoms with Crippen molar-refractivity contribution >= 4 is 21.6 Å². The van der Waals surface area contributed by atoms with E-state index in [1.165, 1.54) is 11.4 Å². The van der Waals surface area contributed by atoms with E-state index in [1.807, 2.05) is 44.2 Å². The van der Waals surface area contributed by atoms with Gasteiger partial charge >= 0.3 is 5.97 Å². The van der Waals surface area contributed by atoms with Gasteiger partial charge in [-0.25, -0.2) is 8.42 Å². The molecule has 0 bridgehead atoms. The average molecular weight is 385 g/mol. The molecule has 0 spiro atoms. The second kappa shape index (κ2) is 7.66. The minimum atomic E-state index is -3.69. The number of esters is 1. The molecule has 142 valence electrons. The van der Waals surface area contributed by atoms with Gasteiger partial charge in [0.25, 0.3) is 0 Å². The van der Waals surface area contributed by atoms with Crippen molar-refractivity contribution in [2.45, 2.75) is 18.7 Å². The summed E-state index contributed by atoms with van der Waals surface area (Å²) in [4.78, 5) is 12.6. The van der Waals surface area contributed by atoms with Crippen molar-refractivity contribution < 1.29 is 17.9 Å². The lowest BCUT2D eigenvalue weighted by Gasteiger charge is -2.16. The van der Waals surface area contributed by atoms with Crippen LogP contribution in [0.2, 0.25) is 0 Å². The molecule has 27 heavy (non-hydrogen) atoms. The van der Waals surface area contributed by atoms with Crippen molar-refractivity contribution in [3.05, 3.63) is 71.3 Å². The summed E-state index contributed by atoms with van der Waals surface area (Å²) in [6, 6.07) is 16.4. The van der Waals surface area contributed by atoms with E-state index in [0.717, 1.165) is 22.3 Å². The van der Waals surface area contributed by atoms with E-state index in [9.17, 15) is 13.2 Å². The molecule has 5 nitrogen and oxygen atoms in total. The van der Waals surface area contributed by atoms with E-state index >= 15 is 0 Å². The Morgan fingerprint density at radius 1 is 1.07 bits per heavy atom. The van der Waals surface area contributed by atoms with Crippen LogP contribution in [0.4, 0.5) is 0 Å². The molecule has 3 rings (SSSR count). The third kappa shape index (κ3) is 3.82. The predicted molar refractivity (Wildman–Crippen MR) is 104 cm³/mol. The molecule has 0 saturated carbocycles. The van der Waals surface area contributed by atoms with Crippen LogP contribution in [0, 0.1) is 12.8 Å². The first-order valence-corrected chi connectivity index (χ1v) is 10.2. The van der Waals surface area contributed by atoms with Crippen molar-refractivity contribution in [3.63, 3.8) is 0 Å². The molecule has 0 aromatic heterocycles. The van der Waals surface area contributed by atoms with Crippen molar-refractivity contribution in [2.75, 3.05) is 20.2 Å². The normalized spacial score (nSPS) is 19.7. The first-order chi connectivity index (χ1) is 12.8. The molecule has 0 N–H and O–H groups in total. The number of aryl methyl sites for hydroxylation is 1. The van der Waals surface area contributed by atoms with Gasteiger partial charge in [0.05, 0.1) is 17.9 Å². The molecular weight excluding hydrogens is 362 g/mol. The maximum Gasteiger partial charge on any atom is 0.314 e. The summed E-state index contributed by atoms with van der Waals surface area (Å²) in [5.74, 6) is -1.02. The Labute approximate surface area is 160 Å². The Hall–Kier alpha value is -2.44. The highest BCUT2D eigenvalue weighted by Crippen LogP contribution is 2.34. The van der Waals surface area contributed by atoms with Gasteiger partial charge in [-0.05, 0) is 42.7 Å². The van der Waals surface area contributed by atoms with Crippen molar-refractivity contribution in [3.8, 4) is 0 Å². The van der Waals surface area contributed by atoms with Crippen LogP contribution in [0.1, 0.15) is 18.1 Å². The van der Waals surface area contributed by atoms with Crippen molar-refractivity contribution in [1.29, 1.82) is 0 Å². The quantitative estimate of drug-likeness (QED) is 0.758. The highest BCUT2D eigenvalue weighted by molar-refractivity contribution is 7.89. The van der Waals surface area contributed by atoms with E-state index in [2.05, 4.69) is 0 Å². The molecule has 1 heterocycles. The van der Waals surface area contributed by atoms with Crippen LogP contribution in [0.25, 0.3) is 5.57 Å². The van der Waals surface area contributed by atoms with E-state index in [1.54, 1.807) is 24.3 Å². The fourth-order valence-electron chi connectivity index (χ4n) is 3.33. The second-order valence-electron chi connectivity index (χ2n) is 6.70. The fraction of sp³-hybridized carbons (Fsp3) is 0.286. The van der Waals surface area contributed by atoms with Gasteiger partial charge in [0.1, 0.15) is 0 Å². The Morgan fingerprint density at radius 2 is 1.70 bits per heavy atom. The lowest BCUT2D eigenvalue weighted by atomic mass is 9.94. The molecule has 1 aliphatic heterocycles. The summed E-state index contributed by atoms with van der Waals surface area (Å²) >= 11 is 0. The Morgan fingerprint density at radius 3 is 2.30 bits per heavy atom. The largest absolute Gasteiger partial charge is 0.469 e. The molecule has 0 unspecified atom stereocenters. The van der Waals surface area contributed by atoms with Crippen LogP contribution < -0.4 is 0 Å². The molecule has 0 aliphatic carbocycles. The monoisotopic (exact) mass is 385 g/mol. The van der Waals surface area contributed by atoms with Gasteiger partial charge in [-0.15, -0.1) is 0 Å². The van der Waals surface area contributed by atoms with Gasteiger partial charge in [0.2, 0.25) is 10.0 Å². The zero-order valence-corrected chi connectivity index (χ0v) is 16.5. The van der Waals surface area contributed by atoms with Crippen LogP contribution in [0.5, 0.6) is 0 Å². The van der Waals surface area contributed by atoms with Gasteiger partial charge in [-0.2, -0.15) is 4.31 Å². The second-order valence-corrected chi connectivity index (χ2v) is 8.64. The number of benzene rings is 2. The summed E-state index contributed by atoms with van der Waals surface area (Å²) in [6.07, 6.45) is 0. The Balaban J connectivity index is 2.01. The summed E-state index contributed by atoms with van der Waals surface area (Å²) < 4.78 is 32.4. The lowest BCUT2D eigenvalue weighted by molar-refractivity contribution is -0.143. The van der Waals surface area contributed by atoms with Crippen molar-refractivity contribution in [1.82, 2.24) is 4.31 Å². The summed E-state index contributed by atoms with van der Waals surface area (Å²) in [5.41, 5.74) is 3.65. The third-order valence-corrected chi connectivity index (χ3v) is 6.81. The highest BCUT2D eigenvalue weighted by atomic mass is 32.2. The Bertz CT molecular complexity index is 963. The SMILES string of the molecule is COC(=O)[C@H]1CN(S(=O)(=O)c2ccc(C)cc2)C/C1=C(/C)c1ccccc1. The molecule has 0 amide bonds. The number of hydrogen-bond donors (Lipinski definition) is 0. The van der Waals surface area contributed by atoms with Crippen LogP contribution in [-0.2, 0) is 19.6 Å². The maximum absolute atomic E-state index is 13.1. The van der Waals surface area contributed by atoms with E-state index in [-0.39, 0.29) is 18.0 Å². The minimum absolute atomic E-state index is 0.0857. The molecule has 6 heteroatoms. The smallest absolute Gasteiger partial charge is 0.314 e. The average Bonchev–Trinajstić information content (AvgIpc) is 3.14. The molecular formula is C21H23NO4S. The van der Waals surface area contributed by atoms with Gasteiger partial charge < -0.3 is 4.74 Å². The molecule has 1 fully saturated rings. The third-order valence-electron chi connectivity index (χ3n) is 4.99. The van der Waals surface area contributed by atoms with E-state index < -0.39 is 21.9 Å². The summed E-state index contributed by atoms with van der Waals surface area (Å²) in [6.45, 7) is 4.09. The van der Waals surface area contributed by atoms with Crippen LogP contribution in [-0.4, -0.2) is 38.9 Å². The van der Waals surface area contributed by atoms with Crippen molar-refractivity contribution in [2.24, 2.45) is 5.92 Å². The van der Waals surface area contributed by atoms with Gasteiger partial charge in [0.15, 0.2) is 0 Å². The first kappa shape index (κ1) is 19.3. The molecule has 1 atom stereocenters. The standard InChI is InChI=1S/C21H23NO4S/c1-15-9-11-18(12-10-15)27(24,25)22-13-19(20(14-22)21(23)26-3)16(2)17-7-5-4-6-8-17/h4-12,20H,13-14H2,1-3H3/b19-16+/t20-/m0/s1. The van der Waals surface area contributed by atoms with E-state index in [0.29, 0.717) is 0 Å². The molecule has 1 aliphatic rings. The van der Waals surface area contributed by atoms with Gasteiger partial charge in [-0.1, -0.05) is 48.0 Å². The number of carbonyl (C=O) groups is 1. The summed E-state index contributed by atoms with van der Waals surface area (Å²) in [5, 5.41) is 0. The predicted octanol–water partition coefficient (Wildman–Crippen LogP) is 3.26. The van der Waals surface area contributed by atoms with Crippen LogP contribution >= 0.6 is 0 Å². The van der Waals surface area contributed by atoms with Gasteiger partial charge in [-0.3, -0.25) is 4.79 Å². The van der Waals surface area contributed by atoms with Crippen LogP contribution in [0.3, 0.4) is 0 Å².